The quantitative estimate of drug-likeness (QED) is 0.158. The van der Waals surface area contributed by atoms with Crippen molar-refractivity contribution in [1.29, 1.82) is 0 Å². The highest BCUT2D eigenvalue weighted by Gasteiger charge is 2.26. The van der Waals surface area contributed by atoms with Crippen molar-refractivity contribution in [1.82, 2.24) is 9.62 Å². The summed E-state index contributed by atoms with van der Waals surface area (Å²) >= 11 is 0. The summed E-state index contributed by atoms with van der Waals surface area (Å²) in [5, 5.41) is 37.0. The lowest BCUT2D eigenvalue weighted by Crippen LogP contribution is -2.47. The van der Waals surface area contributed by atoms with Crippen molar-refractivity contribution in [2.75, 3.05) is 20.1 Å². The predicted molar refractivity (Wildman–Crippen MR) is 161 cm³/mol. The molecule has 0 aliphatic heterocycles. The number of β-amino-alcohol motifs (C(OH)–C–C–N with tert-alkyl or cyclic N) is 1. The van der Waals surface area contributed by atoms with E-state index < -0.39 is 32.7 Å². The van der Waals surface area contributed by atoms with Crippen LogP contribution in [0, 0.1) is 10.1 Å². The number of benzene rings is 4. The van der Waals surface area contributed by atoms with E-state index in [4.69, 9.17) is 5.11 Å². The van der Waals surface area contributed by atoms with Gasteiger partial charge in [0, 0.05) is 31.7 Å². The van der Waals surface area contributed by atoms with Gasteiger partial charge in [-0.2, -0.15) is 4.31 Å². The minimum atomic E-state index is -3.97. The van der Waals surface area contributed by atoms with Crippen molar-refractivity contribution in [2.45, 2.75) is 36.8 Å². The van der Waals surface area contributed by atoms with E-state index in [-0.39, 0.29) is 34.7 Å². The molecule has 0 bridgehead atoms. The van der Waals surface area contributed by atoms with E-state index in [1.165, 1.54) is 43.4 Å². The molecule has 0 aromatic heterocycles. The Morgan fingerprint density at radius 2 is 1.67 bits per heavy atom. The van der Waals surface area contributed by atoms with Crippen LogP contribution >= 0.6 is 0 Å². The zero-order valence-corrected chi connectivity index (χ0v) is 24.3. The fourth-order valence-corrected chi connectivity index (χ4v) is 6.03. The highest BCUT2D eigenvalue weighted by Crippen LogP contribution is 2.32. The predicted octanol–water partition coefficient (Wildman–Crippen LogP) is 4.71. The average Bonchev–Trinajstić information content (AvgIpc) is 2.95. The number of rotatable bonds is 12. The lowest BCUT2D eigenvalue weighted by molar-refractivity contribution is -0.384. The van der Waals surface area contributed by atoms with E-state index in [1.807, 2.05) is 26.0 Å². The van der Waals surface area contributed by atoms with Gasteiger partial charge in [0.1, 0.15) is 0 Å². The lowest BCUT2D eigenvalue weighted by Gasteiger charge is -2.29. The number of likely N-dealkylation sites (N-methyl/N-ethyl adjacent to an activating group) is 1. The molecule has 0 amide bonds. The summed E-state index contributed by atoms with van der Waals surface area (Å²) in [5.74, 6) is -1.29. The SMILES string of the molecule is CN(C[C@H](O)CNC(C)(C)Cc1ccc2ccccc2c1)S(=O)(=O)c1ccc(-c2ccc(C(=O)O)cc2[N+](=O)[O-])cc1. The highest BCUT2D eigenvalue weighted by molar-refractivity contribution is 7.89. The summed E-state index contributed by atoms with van der Waals surface area (Å²) in [4.78, 5) is 22.0. The number of hydrogen-bond acceptors (Lipinski definition) is 7. The molecule has 3 N–H and O–H groups in total. The van der Waals surface area contributed by atoms with Crippen molar-refractivity contribution in [3.63, 3.8) is 0 Å². The lowest BCUT2D eigenvalue weighted by atomic mass is 9.93. The molecule has 4 rings (SSSR count). The molecule has 0 radical (unpaired) electrons. The molecule has 0 saturated carbocycles. The number of nitrogens with one attached hydrogen (secondary N) is 1. The second-order valence-corrected chi connectivity index (χ2v) is 12.9. The number of hydrogen-bond donors (Lipinski definition) is 3. The van der Waals surface area contributed by atoms with E-state index in [2.05, 4.69) is 35.6 Å². The van der Waals surface area contributed by atoms with Crippen LogP contribution in [0.1, 0.15) is 29.8 Å². The molecule has 0 aliphatic carbocycles. The van der Waals surface area contributed by atoms with E-state index in [1.54, 1.807) is 0 Å². The first-order valence-corrected chi connectivity index (χ1v) is 14.7. The van der Waals surface area contributed by atoms with Crippen LogP contribution in [0.15, 0.2) is 89.8 Å². The first kappa shape index (κ1) is 30.8. The zero-order chi connectivity index (χ0) is 30.7. The van der Waals surface area contributed by atoms with E-state index in [0.29, 0.717) is 12.0 Å². The number of fused-ring (bicyclic) bond motifs is 1. The Labute approximate surface area is 244 Å². The summed E-state index contributed by atoms with van der Waals surface area (Å²) in [6, 6.07) is 23.5. The third-order valence-electron chi connectivity index (χ3n) is 7.06. The summed E-state index contributed by atoms with van der Waals surface area (Å²) in [6.45, 7) is 4.08. The monoisotopic (exact) mass is 591 g/mol. The average molecular weight is 592 g/mol. The molecule has 0 unspecified atom stereocenters. The molecule has 0 spiro atoms. The number of sulfonamides is 1. The Bertz CT molecular complexity index is 1720. The number of nitrogens with zero attached hydrogens (tertiary/aromatic N) is 2. The summed E-state index contributed by atoms with van der Waals surface area (Å²) in [7, 11) is -2.59. The topological polar surface area (TPSA) is 150 Å². The maximum absolute atomic E-state index is 13.2. The van der Waals surface area contributed by atoms with Crippen LogP contribution in [0.4, 0.5) is 5.69 Å². The van der Waals surface area contributed by atoms with Crippen molar-refractivity contribution in [2.24, 2.45) is 0 Å². The largest absolute Gasteiger partial charge is 0.478 e. The van der Waals surface area contributed by atoms with Crippen LogP contribution in [0.3, 0.4) is 0 Å². The second-order valence-electron chi connectivity index (χ2n) is 10.9. The summed E-state index contributed by atoms with van der Waals surface area (Å²) in [6.07, 6.45) is -0.266. The second kappa shape index (κ2) is 12.4. The summed E-state index contributed by atoms with van der Waals surface area (Å²) < 4.78 is 27.4. The Morgan fingerprint density at radius 3 is 2.31 bits per heavy atom. The molecule has 0 aliphatic rings. The van der Waals surface area contributed by atoms with Crippen molar-refractivity contribution < 1.29 is 28.3 Å². The van der Waals surface area contributed by atoms with Crippen LogP contribution in [0.25, 0.3) is 21.9 Å². The standard InChI is InChI=1S/C31H33N3O7S/c1-31(2,18-21-8-9-22-6-4-5-7-24(22)16-21)32-19-26(35)20-33(3)42(40,41)27-13-10-23(11-14-27)28-15-12-25(30(36)37)17-29(28)34(38)39/h4-17,26,32,35H,18-20H2,1-3H3,(H,36,37)/t26-/m1/s1. The fourth-order valence-electron chi connectivity index (χ4n) is 4.82. The van der Waals surface area contributed by atoms with Gasteiger partial charge in [0.2, 0.25) is 10.0 Å². The number of carboxylic acid groups (broad SMARTS) is 1. The van der Waals surface area contributed by atoms with E-state index in [0.717, 1.165) is 26.7 Å². The Hall–Kier alpha value is -4.16. The Kier molecular flexibility index (Phi) is 9.07. The number of aromatic carboxylic acids is 1. The van der Waals surface area contributed by atoms with Gasteiger partial charge in [-0.15, -0.1) is 0 Å². The van der Waals surface area contributed by atoms with Crippen molar-refractivity contribution in [3.05, 3.63) is 106 Å². The zero-order valence-electron chi connectivity index (χ0n) is 23.5. The number of carbonyl (C=O) groups is 1. The maximum atomic E-state index is 13.2. The van der Waals surface area contributed by atoms with Crippen LogP contribution in [0.5, 0.6) is 0 Å². The third-order valence-corrected chi connectivity index (χ3v) is 8.90. The van der Waals surface area contributed by atoms with Gasteiger partial charge in [0.15, 0.2) is 0 Å². The highest BCUT2D eigenvalue weighted by atomic mass is 32.2. The Balaban J connectivity index is 1.39. The number of aliphatic hydroxyl groups is 1. The molecular formula is C31H33N3O7S. The molecule has 4 aromatic rings. The molecule has 10 nitrogen and oxygen atoms in total. The molecule has 1 atom stereocenters. The van der Waals surface area contributed by atoms with Crippen LogP contribution < -0.4 is 5.32 Å². The van der Waals surface area contributed by atoms with Gasteiger partial charge >= 0.3 is 5.97 Å². The van der Waals surface area contributed by atoms with E-state index >= 15 is 0 Å². The smallest absolute Gasteiger partial charge is 0.335 e. The number of nitro groups is 1. The Morgan fingerprint density at radius 1 is 1.00 bits per heavy atom. The van der Waals surface area contributed by atoms with Crippen LogP contribution in [-0.2, 0) is 16.4 Å². The van der Waals surface area contributed by atoms with Gasteiger partial charge in [-0.1, -0.05) is 54.6 Å². The van der Waals surface area contributed by atoms with Crippen molar-refractivity contribution in [3.8, 4) is 11.1 Å². The van der Waals surface area contributed by atoms with Gasteiger partial charge in [-0.25, -0.2) is 13.2 Å². The first-order valence-electron chi connectivity index (χ1n) is 13.3. The van der Waals surface area contributed by atoms with Crippen LogP contribution in [0.2, 0.25) is 0 Å². The molecule has 4 aromatic carbocycles. The number of nitro benzene ring substituents is 1. The summed E-state index contributed by atoms with van der Waals surface area (Å²) in [5.41, 5.74) is 0.681. The van der Waals surface area contributed by atoms with Crippen molar-refractivity contribution >= 4 is 32.5 Å². The van der Waals surface area contributed by atoms with E-state index in [9.17, 15) is 28.4 Å². The minimum Gasteiger partial charge on any atom is -0.478 e. The maximum Gasteiger partial charge on any atom is 0.335 e. The van der Waals surface area contributed by atoms with Crippen LogP contribution in [-0.4, -0.2) is 65.6 Å². The number of aliphatic hydroxyl groups excluding tert-OH is 1. The third kappa shape index (κ3) is 7.18. The molecule has 0 saturated heterocycles. The fraction of sp³-hybridized carbons (Fsp3) is 0.258. The van der Waals surface area contributed by atoms with Gasteiger partial charge in [-0.3, -0.25) is 10.1 Å². The molecule has 0 fully saturated rings. The minimum absolute atomic E-state index is 0.0460. The molecule has 11 heteroatoms. The molecule has 42 heavy (non-hydrogen) atoms. The molecule has 220 valence electrons. The van der Waals surface area contributed by atoms with Gasteiger partial charge < -0.3 is 15.5 Å². The van der Waals surface area contributed by atoms with Gasteiger partial charge in [-0.05, 0) is 66.4 Å². The first-order chi connectivity index (χ1) is 19.8. The number of carboxylic acids is 1. The molecule has 0 heterocycles. The normalized spacial score (nSPS) is 12.9. The van der Waals surface area contributed by atoms with Gasteiger partial charge in [0.05, 0.1) is 27.0 Å². The van der Waals surface area contributed by atoms with Gasteiger partial charge in [0.25, 0.3) is 5.69 Å². The molecular weight excluding hydrogens is 558 g/mol.